The van der Waals surface area contributed by atoms with Gasteiger partial charge >= 0.3 is 12.0 Å². The van der Waals surface area contributed by atoms with Gasteiger partial charge in [0.2, 0.25) is 5.88 Å². The number of aliphatic carboxylic acids is 1. The predicted molar refractivity (Wildman–Crippen MR) is 78.6 cm³/mol. The molecular formula is C14H21N3O4. The van der Waals surface area contributed by atoms with Crippen molar-refractivity contribution in [3.63, 3.8) is 0 Å². The van der Waals surface area contributed by atoms with Crippen LogP contribution in [0.1, 0.15) is 32.4 Å². The van der Waals surface area contributed by atoms with Gasteiger partial charge in [-0.1, -0.05) is 0 Å². The highest BCUT2D eigenvalue weighted by Gasteiger charge is 2.21. The molecule has 7 nitrogen and oxygen atoms in total. The molecule has 0 aliphatic heterocycles. The van der Waals surface area contributed by atoms with Crippen molar-refractivity contribution in [1.82, 2.24) is 10.3 Å². The number of methoxy groups -OCH3 is 1. The molecular weight excluding hydrogens is 274 g/mol. The van der Waals surface area contributed by atoms with E-state index in [0.29, 0.717) is 23.7 Å². The fraction of sp³-hybridized carbons (Fsp3) is 0.500. The number of nitrogens with zero attached hydrogens (tertiary/aromatic N) is 1. The van der Waals surface area contributed by atoms with Gasteiger partial charge in [-0.05, 0) is 33.3 Å². The summed E-state index contributed by atoms with van der Waals surface area (Å²) in [5, 5.41) is 14.1. The molecule has 0 aliphatic carbocycles. The van der Waals surface area contributed by atoms with Crippen LogP contribution >= 0.6 is 0 Å². The number of anilines is 1. The van der Waals surface area contributed by atoms with Crippen molar-refractivity contribution in [1.29, 1.82) is 0 Å². The Balaban J connectivity index is 2.63. The molecule has 7 heteroatoms. The smallest absolute Gasteiger partial charge is 0.319 e. The van der Waals surface area contributed by atoms with Crippen LogP contribution in [0.15, 0.2) is 12.1 Å². The molecule has 1 heterocycles. The zero-order chi connectivity index (χ0) is 16.0. The Hall–Kier alpha value is -2.31. The Kier molecular flexibility index (Phi) is 5.52. The normalized spacial score (nSPS) is 10.9. The van der Waals surface area contributed by atoms with Crippen molar-refractivity contribution in [2.45, 2.75) is 39.2 Å². The lowest BCUT2D eigenvalue weighted by molar-refractivity contribution is -0.137. The van der Waals surface area contributed by atoms with Gasteiger partial charge in [0.1, 0.15) is 0 Å². The standard InChI is InChI=1S/C14H21N3O4/c1-9-10(5-6-11(15-9)21-4)16-13(20)17-14(2,3)8-7-12(18)19/h5-6H,7-8H2,1-4H3,(H,18,19)(H2,16,17,20). The number of urea groups is 1. The third-order valence-corrected chi connectivity index (χ3v) is 2.93. The van der Waals surface area contributed by atoms with E-state index in [9.17, 15) is 9.59 Å². The van der Waals surface area contributed by atoms with Gasteiger partial charge in [-0.3, -0.25) is 4.79 Å². The van der Waals surface area contributed by atoms with Crippen molar-refractivity contribution in [2.75, 3.05) is 12.4 Å². The second-order valence-corrected chi connectivity index (χ2v) is 5.34. The minimum absolute atomic E-state index is 0.00357. The minimum atomic E-state index is -0.888. The lowest BCUT2D eigenvalue weighted by Gasteiger charge is -2.25. The number of aryl methyl sites for hydroxylation is 1. The molecule has 0 spiro atoms. The summed E-state index contributed by atoms with van der Waals surface area (Å²) in [6.07, 6.45) is 0.339. The molecule has 1 rings (SSSR count). The summed E-state index contributed by atoms with van der Waals surface area (Å²) >= 11 is 0. The maximum atomic E-state index is 12.0. The first-order valence-electron chi connectivity index (χ1n) is 6.56. The quantitative estimate of drug-likeness (QED) is 0.746. The van der Waals surface area contributed by atoms with E-state index in [4.69, 9.17) is 9.84 Å². The predicted octanol–water partition coefficient (Wildman–Crippen LogP) is 2.16. The number of carbonyl (C=O) groups is 2. The molecule has 0 bridgehead atoms. The van der Waals surface area contributed by atoms with E-state index in [2.05, 4.69) is 15.6 Å². The Bertz CT molecular complexity index is 529. The van der Waals surface area contributed by atoms with Crippen LogP contribution in [0.3, 0.4) is 0 Å². The Morgan fingerprint density at radius 2 is 2.05 bits per heavy atom. The van der Waals surface area contributed by atoms with E-state index in [1.807, 2.05) is 0 Å². The van der Waals surface area contributed by atoms with Crippen LogP contribution in [-0.4, -0.2) is 34.7 Å². The molecule has 0 aliphatic rings. The van der Waals surface area contributed by atoms with Gasteiger partial charge in [0, 0.05) is 18.0 Å². The summed E-state index contributed by atoms with van der Waals surface area (Å²) in [5.74, 6) is -0.416. The van der Waals surface area contributed by atoms with E-state index in [1.165, 1.54) is 7.11 Å². The molecule has 0 saturated heterocycles. The second kappa shape index (κ2) is 6.92. The second-order valence-electron chi connectivity index (χ2n) is 5.34. The van der Waals surface area contributed by atoms with Crippen molar-refractivity contribution in [3.05, 3.63) is 17.8 Å². The van der Waals surface area contributed by atoms with Crippen LogP contribution in [0.2, 0.25) is 0 Å². The van der Waals surface area contributed by atoms with Gasteiger partial charge in [-0.25, -0.2) is 9.78 Å². The average molecular weight is 295 g/mol. The highest BCUT2D eigenvalue weighted by Crippen LogP contribution is 2.17. The van der Waals surface area contributed by atoms with Crippen molar-refractivity contribution < 1.29 is 19.4 Å². The molecule has 1 aromatic rings. The molecule has 2 amide bonds. The summed E-state index contributed by atoms with van der Waals surface area (Å²) < 4.78 is 4.99. The van der Waals surface area contributed by atoms with Crippen molar-refractivity contribution >= 4 is 17.7 Å². The SMILES string of the molecule is COc1ccc(NC(=O)NC(C)(C)CCC(=O)O)c(C)n1. The highest BCUT2D eigenvalue weighted by atomic mass is 16.5. The number of hydrogen-bond donors (Lipinski definition) is 3. The van der Waals surface area contributed by atoms with Crippen LogP contribution in [0.5, 0.6) is 5.88 Å². The van der Waals surface area contributed by atoms with E-state index in [0.717, 1.165) is 0 Å². The van der Waals surface area contributed by atoms with Crippen LogP contribution in [0.25, 0.3) is 0 Å². The third-order valence-electron chi connectivity index (χ3n) is 2.93. The van der Waals surface area contributed by atoms with Gasteiger partial charge in [0.15, 0.2) is 0 Å². The number of nitrogens with one attached hydrogen (secondary N) is 2. The topological polar surface area (TPSA) is 101 Å². The van der Waals surface area contributed by atoms with Crippen LogP contribution in [0.4, 0.5) is 10.5 Å². The number of aromatic nitrogens is 1. The summed E-state index contributed by atoms with van der Waals surface area (Å²) in [5.41, 5.74) is 0.589. The molecule has 116 valence electrons. The van der Waals surface area contributed by atoms with E-state index < -0.39 is 17.5 Å². The van der Waals surface area contributed by atoms with Crippen LogP contribution in [-0.2, 0) is 4.79 Å². The van der Waals surface area contributed by atoms with E-state index in [1.54, 1.807) is 32.9 Å². The lowest BCUT2D eigenvalue weighted by atomic mass is 9.99. The van der Waals surface area contributed by atoms with E-state index >= 15 is 0 Å². The van der Waals surface area contributed by atoms with Gasteiger partial charge in [0.25, 0.3) is 0 Å². The number of carboxylic acid groups (broad SMARTS) is 1. The van der Waals surface area contributed by atoms with E-state index in [-0.39, 0.29) is 6.42 Å². The molecule has 21 heavy (non-hydrogen) atoms. The summed E-state index contributed by atoms with van der Waals surface area (Å²) in [6.45, 7) is 5.30. The number of pyridine rings is 1. The Morgan fingerprint density at radius 3 is 2.57 bits per heavy atom. The van der Waals surface area contributed by atoms with Gasteiger partial charge in [-0.15, -0.1) is 0 Å². The molecule has 0 radical (unpaired) electrons. The van der Waals surface area contributed by atoms with Crippen LogP contribution in [0, 0.1) is 6.92 Å². The number of carbonyl (C=O) groups excluding carboxylic acids is 1. The van der Waals surface area contributed by atoms with Crippen molar-refractivity contribution in [2.24, 2.45) is 0 Å². The summed E-state index contributed by atoms with van der Waals surface area (Å²) in [4.78, 5) is 26.7. The van der Waals surface area contributed by atoms with Crippen LogP contribution < -0.4 is 15.4 Å². The Morgan fingerprint density at radius 1 is 1.38 bits per heavy atom. The number of ether oxygens (including phenoxy) is 1. The molecule has 0 fully saturated rings. The molecule has 0 atom stereocenters. The number of amides is 2. The number of rotatable bonds is 6. The molecule has 0 saturated carbocycles. The summed E-state index contributed by atoms with van der Waals surface area (Å²) in [6, 6.07) is 2.95. The fourth-order valence-corrected chi connectivity index (χ4v) is 1.73. The zero-order valence-corrected chi connectivity index (χ0v) is 12.7. The monoisotopic (exact) mass is 295 g/mol. The van der Waals surface area contributed by atoms with Gasteiger partial charge in [0.05, 0.1) is 18.5 Å². The van der Waals surface area contributed by atoms with Crippen molar-refractivity contribution in [3.8, 4) is 5.88 Å². The zero-order valence-electron chi connectivity index (χ0n) is 12.7. The largest absolute Gasteiger partial charge is 0.481 e. The lowest BCUT2D eigenvalue weighted by Crippen LogP contribution is -2.45. The first kappa shape index (κ1) is 16.7. The third kappa shape index (κ3) is 5.68. The van der Waals surface area contributed by atoms with Gasteiger partial charge < -0.3 is 20.5 Å². The fourth-order valence-electron chi connectivity index (χ4n) is 1.73. The Labute approximate surface area is 123 Å². The maximum absolute atomic E-state index is 12.0. The first-order chi connectivity index (χ1) is 9.73. The molecule has 3 N–H and O–H groups in total. The summed E-state index contributed by atoms with van der Waals surface area (Å²) in [7, 11) is 1.52. The highest BCUT2D eigenvalue weighted by molar-refractivity contribution is 5.90. The maximum Gasteiger partial charge on any atom is 0.319 e. The minimum Gasteiger partial charge on any atom is -0.481 e. The molecule has 0 unspecified atom stereocenters. The number of carboxylic acids is 1. The first-order valence-corrected chi connectivity index (χ1v) is 6.56. The van der Waals surface area contributed by atoms with Gasteiger partial charge in [-0.2, -0.15) is 0 Å². The average Bonchev–Trinajstić information content (AvgIpc) is 2.38. The molecule has 1 aromatic heterocycles. The number of hydrogen-bond acceptors (Lipinski definition) is 4. The molecule has 0 aromatic carbocycles.